The predicted molar refractivity (Wildman–Crippen MR) is 87.4 cm³/mol. The summed E-state index contributed by atoms with van der Waals surface area (Å²) in [6, 6.07) is 13.2. The Morgan fingerprint density at radius 3 is 2.41 bits per heavy atom. The zero-order valence-electron chi connectivity index (χ0n) is 12.7. The summed E-state index contributed by atoms with van der Waals surface area (Å²) in [5, 5.41) is 6.03. The average Bonchev–Trinajstić information content (AvgIpc) is 2.72. The van der Waals surface area contributed by atoms with Gasteiger partial charge in [0.25, 0.3) is 10.0 Å². The van der Waals surface area contributed by atoms with Gasteiger partial charge in [-0.05, 0) is 25.3 Å². The standard InChI is InChI=1S/C16H17N3O2S/c1-11-16(12(2)19(3)17-11)22(20,21)18-15-10-6-8-13-7-4-5-9-14(13)15/h4-10,18H,1-3H3. The lowest BCUT2D eigenvalue weighted by molar-refractivity contribution is 0.599. The van der Waals surface area contributed by atoms with Crippen LogP contribution in [0, 0.1) is 13.8 Å². The smallest absolute Gasteiger partial charge is 0.265 e. The highest BCUT2D eigenvalue weighted by molar-refractivity contribution is 7.92. The maximum atomic E-state index is 12.7. The highest BCUT2D eigenvalue weighted by atomic mass is 32.2. The fraction of sp³-hybridized carbons (Fsp3) is 0.188. The normalized spacial score (nSPS) is 11.8. The van der Waals surface area contributed by atoms with E-state index in [1.807, 2.05) is 36.4 Å². The van der Waals surface area contributed by atoms with Crippen molar-refractivity contribution in [1.82, 2.24) is 9.78 Å². The van der Waals surface area contributed by atoms with Crippen LogP contribution in [0.25, 0.3) is 10.8 Å². The molecule has 0 saturated carbocycles. The lowest BCUT2D eigenvalue weighted by Crippen LogP contribution is -2.15. The second-order valence-electron chi connectivity index (χ2n) is 5.26. The number of aromatic nitrogens is 2. The van der Waals surface area contributed by atoms with E-state index in [9.17, 15) is 8.42 Å². The third-order valence-corrected chi connectivity index (χ3v) is 5.36. The van der Waals surface area contributed by atoms with Gasteiger partial charge in [0, 0.05) is 12.4 Å². The molecule has 114 valence electrons. The molecule has 2 aromatic carbocycles. The topological polar surface area (TPSA) is 64.0 Å². The molecule has 0 fully saturated rings. The number of hydrogen-bond donors (Lipinski definition) is 1. The highest BCUT2D eigenvalue weighted by Crippen LogP contribution is 2.27. The van der Waals surface area contributed by atoms with E-state index in [1.54, 1.807) is 31.6 Å². The van der Waals surface area contributed by atoms with Crippen molar-refractivity contribution < 1.29 is 8.42 Å². The van der Waals surface area contributed by atoms with E-state index in [0.717, 1.165) is 10.8 Å². The molecule has 0 aliphatic heterocycles. The zero-order chi connectivity index (χ0) is 15.9. The van der Waals surface area contributed by atoms with E-state index in [1.165, 1.54) is 0 Å². The van der Waals surface area contributed by atoms with Crippen LogP contribution in [0.4, 0.5) is 5.69 Å². The van der Waals surface area contributed by atoms with Crippen molar-refractivity contribution in [1.29, 1.82) is 0 Å². The minimum atomic E-state index is -3.68. The molecule has 0 aliphatic rings. The van der Waals surface area contributed by atoms with E-state index in [-0.39, 0.29) is 4.90 Å². The fourth-order valence-electron chi connectivity index (χ4n) is 2.65. The van der Waals surface area contributed by atoms with E-state index < -0.39 is 10.0 Å². The molecule has 22 heavy (non-hydrogen) atoms. The highest BCUT2D eigenvalue weighted by Gasteiger charge is 2.24. The Morgan fingerprint density at radius 2 is 1.73 bits per heavy atom. The van der Waals surface area contributed by atoms with Crippen LogP contribution in [0.1, 0.15) is 11.4 Å². The number of rotatable bonds is 3. The first-order valence-corrected chi connectivity index (χ1v) is 8.39. The second-order valence-corrected chi connectivity index (χ2v) is 6.88. The van der Waals surface area contributed by atoms with Gasteiger partial charge in [0.1, 0.15) is 4.90 Å². The largest absolute Gasteiger partial charge is 0.279 e. The first-order chi connectivity index (χ1) is 10.4. The molecule has 0 bridgehead atoms. The van der Waals surface area contributed by atoms with Crippen molar-refractivity contribution in [2.45, 2.75) is 18.7 Å². The third-order valence-electron chi connectivity index (χ3n) is 3.75. The SMILES string of the molecule is Cc1nn(C)c(C)c1S(=O)(=O)Nc1cccc2ccccc12. The molecule has 0 amide bonds. The van der Waals surface area contributed by atoms with Gasteiger partial charge >= 0.3 is 0 Å². The molecule has 0 saturated heterocycles. The zero-order valence-corrected chi connectivity index (χ0v) is 13.5. The Kier molecular flexibility index (Phi) is 3.41. The van der Waals surface area contributed by atoms with Gasteiger partial charge in [0.15, 0.2) is 0 Å². The molecule has 1 N–H and O–H groups in total. The minimum absolute atomic E-state index is 0.239. The molecule has 5 nitrogen and oxygen atoms in total. The van der Waals surface area contributed by atoms with Crippen molar-refractivity contribution in [3.05, 3.63) is 53.9 Å². The Balaban J connectivity index is 2.11. The summed E-state index contributed by atoms with van der Waals surface area (Å²) in [5.41, 5.74) is 1.68. The van der Waals surface area contributed by atoms with Gasteiger partial charge in [-0.1, -0.05) is 36.4 Å². The molecule has 6 heteroatoms. The molecular formula is C16H17N3O2S. The van der Waals surface area contributed by atoms with Crippen molar-refractivity contribution in [2.24, 2.45) is 7.05 Å². The Labute approximate surface area is 129 Å². The molecule has 1 aromatic heterocycles. The Morgan fingerprint density at radius 1 is 1.05 bits per heavy atom. The van der Waals surface area contributed by atoms with Gasteiger partial charge in [0.05, 0.1) is 17.1 Å². The van der Waals surface area contributed by atoms with Crippen LogP contribution in [-0.2, 0) is 17.1 Å². The second kappa shape index (κ2) is 5.14. The van der Waals surface area contributed by atoms with Crippen LogP contribution in [0.3, 0.4) is 0 Å². The summed E-state index contributed by atoms with van der Waals surface area (Å²) >= 11 is 0. The lowest BCUT2D eigenvalue weighted by Gasteiger charge is -2.11. The van der Waals surface area contributed by atoms with E-state index in [0.29, 0.717) is 17.1 Å². The number of aryl methyl sites for hydroxylation is 2. The number of hydrogen-bond acceptors (Lipinski definition) is 3. The van der Waals surface area contributed by atoms with Crippen molar-refractivity contribution in [3.63, 3.8) is 0 Å². The van der Waals surface area contributed by atoms with Gasteiger partial charge in [0.2, 0.25) is 0 Å². The molecular weight excluding hydrogens is 298 g/mol. The number of nitrogens with one attached hydrogen (secondary N) is 1. The molecule has 3 aromatic rings. The van der Waals surface area contributed by atoms with Crippen molar-refractivity contribution >= 4 is 26.5 Å². The third kappa shape index (κ3) is 2.35. The average molecular weight is 315 g/mol. The fourth-order valence-corrected chi connectivity index (χ4v) is 4.17. The van der Waals surface area contributed by atoms with Crippen LogP contribution in [0.15, 0.2) is 47.4 Å². The van der Waals surface area contributed by atoms with Gasteiger partial charge in [-0.15, -0.1) is 0 Å². The maximum absolute atomic E-state index is 12.7. The molecule has 1 heterocycles. The monoisotopic (exact) mass is 315 g/mol. The van der Waals surface area contributed by atoms with Crippen LogP contribution in [0.2, 0.25) is 0 Å². The lowest BCUT2D eigenvalue weighted by atomic mass is 10.1. The number of nitrogens with zero attached hydrogens (tertiary/aromatic N) is 2. The van der Waals surface area contributed by atoms with Gasteiger partial charge < -0.3 is 0 Å². The summed E-state index contributed by atoms with van der Waals surface area (Å²) in [7, 11) is -1.94. The van der Waals surface area contributed by atoms with Crippen molar-refractivity contribution in [3.8, 4) is 0 Å². The first kappa shape index (κ1) is 14.6. The Hall–Kier alpha value is -2.34. The van der Waals surface area contributed by atoms with E-state index in [4.69, 9.17) is 0 Å². The number of benzene rings is 2. The van der Waals surface area contributed by atoms with Crippen LogP contribution in [0.5, 0.6) is 0 Å². The molecule has 0 unspecified atom stereocenters. The van der Waals surface area contributed by atoms with Gasteiger partial charge in [-0.3, -0.25) is 9.40 Å². The van der Waals surface area contributed by atoms with Gasteiger partial charge in [-0.25, -0.2) is 8.42 Å². The van der Waals surface area contributed by atoms with Crippen LogP contribution < -0.4 is 4.72 Å². The number of anilines is 1. The molecule has 0 atom stereocenters. The van der Waals surface area contributed by atoms with Gasteiger partial charge in [-0.2, -0.15) is 5.10 Å². The molecule has 0 radical (unpaired) electrons. The minimum Gasteiger partial charge on any atom is -0.279 e. The number of fused-ring (bicyclic) bond motifs is 1. The molecule has 3 rings (SSSR count). The van der Waals surface area contributed by atoms with E-state index in [2.05, 4.69) is 9.82 Å². The summed E-state index contributed by atoms with van der Waals surface area (Å²) in [6.45, 7) is 3.45. The molecule has 0 spiro atoms. The maximum Gasteiger partial charge on any atom is 0.265 e. The van der Waals surface area contributed by atoms with Crippen LogP contribution >= 0.6 is 0 Å². The predicted octanol–water partition coefficient (Wildman–Crippen LogP) is 2.99. The number of sulfonamides is 1. The van der Waals surface area contributed by atoms with E-state index >= 15 is 0 Å². The summed E-state index contributed by atoms with van der Waals surface area (Å²) in [5.74, 6) is 0. The summed E-state index contributed by atoms with van der Waals surface area (Å²) < 4.78 is 29.7. The van der Waals surface area contributed by atoms with Crippen molar-refractivity contribution in [2.75, 3.05) is 4.72 Å². The Bertz CT molecular complexity index is 953. The molecule has 0 aliphatic carbocycles. The first-order valence-electron chi connectivity index (χ1n) is 6.91. The summed E-state index contributed by atoms with van der Waals surface area (Å²) in [4.78, 5) is 0.239. The summed E-state index contributed by atoms with van der Waals surface area (Å²) in [6.07, 6.45) is 0. The van der Waals surface area contributed by atoms with Crippen LogP contribution in [-0.4, -0.2) is 18.2 Å². The quantitative estimate of drug-likeness (QED) is 0.808.